The molecule has 3 aromatic rings. The number of hydrogen-bond donors (Lipinski definition) is 0. The van der Waals surface area contributed by atoms with Crippen LogP contribution in [0.5, 0.6) is 0 Å². The van der Waals surface area contributed by atoms with E-state index in [9.17, 15) is 25.2 Å². The van der Waals surface area contributed by atoms with Gasteiger partial charge in [0.2, 0.25) is 0 Å². The summed E-state index contributed by atoms with van der Waals surface area (Å²) in [6.07, 6.45) is 0.811. The largest absolute Gasteiger partial charge is 1.00 e. The van der Waals surface area contributed by atoms with Crippen LogP contribution in [-0.2, 0) is 70.0 Å². The monoisotopic (exact) mass is 1010 g/mol. The molecule has 0 N–H and O–H groups in total. The molecule has 1 fully saturated rings. The van der Waals surface area contributed by atoms with Crippen LogP contribution in [0.25, 0.3) is 0 Å². The zero-order valence-electron chi connectivity index (χ0n) is 31.6. The number of benzene rings is 2. The molecule has 6 nitrogen and oxygen atoms in total. The first kappa shape index (κ1) is 54.9. The van der Waals surface area contributed by atoms with Crippen LogP contribution in [0, 0.1) is 17.9 Å². The summed E-state index contributed by atoms with van der Waals surface area (Å²) in [5, 5.41) is 0. The molecular formula is C37H51Cl2F6N2O4PPdRu-. The van der Waals surface area contributed by atoms with E-state index >= 15 is 0 Å². The van der Waals surface area contributed by atoms with Gasteiger partial charge < -0.3 is 44.1 Å². The topological polar surface area (TPSA) is 45.5 Å². The normalized spacial score (nSPS) is 22.5. The minimum absolute atomic E-state index is 0. The molecule has 0 aromatic heterocycles. The van der Waals surface area contributed by atoms with E-state index in [0.29, 0.717) is 25.0 Å². The molecule has 17 heteroatoms. The van der Waals surface area contributed by atoms with Gasteiger partial charge >= 0.3 is 64.4 Å². The number of ether oxygens (including phenoxy) is 2. The van der Waals surface area contributed by atoms with Crippen molar-refractivity contribution in [1.82, 2.24) is 9.80 Å². The van der Waals surface area contributed by atoms with Crippen molar-refractivity contribution in [3.8, 4) is 0 Å². The summed E-state index contributed by atoms with van der Waals surface area (Å²) in [6, 6.07) is 27.8. The minimum atomic E-state index is -10.7. The Kier molecular flexibility index (Phi) is 21.9. The first-order valence-corrected chi connectivity index (χ1v) is 18.7. The van der Waals surface area contributed by atoms with Gasteiger partial charge in [-0.1, -0.05) is 48.5 Å². The van der Waals surface area contributed by atoms with Crippen molar-refractivity contribution in [2.75, 3.05) is 53.5 Å². The van der Waals surface area contributed by atoms with Gasteiger partial charge in [-0.05, 0) is 50.2 Å². The molecule has 3 aromatic carbocycles. The maximum Gasteiger partial charge on any atom is 1.00 e. The van der Waals surface area contributed by atoms with Gasteiger partial charge in [0.25, 0.3) is 0 Å². The predicted octanol–water partition coefficient (Wildman–Crippen LogP) is 4.11. The van der Waals surface area contributed by atoms with E-state index in [1.165, 1.54) is 22.3 Å². The average Bonchev–Trinajstić information content (AvgIpc) is 3.74. The Balaban J connectivity index is 0. The predicted molar refractivity (Wildman–Crippen MR) is 187 cm³/mol. The molecule has 1 radical (unpaired) electrons. The summed E-state index contributed by atoms with van der Waals surface area (Å²) in [7, 11) is -6.35. The maximum absolute atomic E-state index is 10.7. The van der Waals surface area contributed by atoms with Crippen molar-refractivity contribution in [2.45, 2.75) is 52.7 Å². The fraction of sp³-hybridized carbons (Fsp3) is 0.486. The Morgan fingerprint density at radius 2 is 1.15 bits per heavy atom. The first-order valence-electron chi connectivity index (χ1n) is 16.7. The summed E-state index contributed by atoms with van der Waals surface area (Å²) in [4.78, 5) is 9.59. The average molecular weight is 1010 g/mol. The van der Waals surface area contributed by atoms with Crippen LogP contribution in [0.4, 0.5) is 25.2 Å². The fourth-order valence-electron chi connectivity index (χ4n) is 7.05. The molecule has 1 saturated heterocycles. The van der Waals surface area contributed by atoms with Crippen LogP contribution in [-0.4, -0.2) is 69.1 Å². The van der Waals surface area contributed by atoms with Gasteiger partial charge in [0, 0.05) is 71.7 Å². The Morgan fingerprint density at radius 3 is 1.37 bits per heavy atom. The summed E-state index contributed by atoms with van der Waals surface area (Å²) in [6.45, 7) is 17.3. The molecular weight excluding hydrogens is 960 g/mol. The van der Waals surface area contributed by atoms with Gasteiger partial charge in [0.05, 0.1) is 23.3 Å². The van der Waals surface area contributed by atoms with Crippen LogP contribution in [0.3, 0.4) is 0 Å². The van der Waals surface area contributed by atoms with E-state index in [-0.39, 0.29) is 64.7 Å². The summed E-state index contributed by atoms with van der Waals surface area (Å²) < 4.78 is 77.5. The van der Waals surface area contributed by atoms with Crippen LogP contribution in [0.15, 0.2) is 78.9 Å². The standard InChI is InChI=1S/C26H34N2O2.C6H12O2.C5H5.2ClH.F6P.Pd.Ru/c1-5-29-25-19-11-7-9-13-21(19)26(30-6-2,22-14-10-8-12-20(22)25)24-18-28(17-23(24)25)16-15-27(3)4;1-5(2)7-8-6(3)4;1-2-4-5-3-1;;;1-7(2,3,4,5)6;;/h7-14,23-24H,5-6,15-18H2,1-4H3;1-4H3;1-5H;2*1H;;;/q;+2;-1;;;-1;;+1/p-2/t23-,24+,25?,26?;;;;;;;. The third-order valence-electron chi connectivity index (χ3n) is 8.43. The van der Waals surface area contributed by atoms with Gasteiger partial charge in [-0.25, -0.2) is 12.1 Å². The molecule has 2 atom stereocenters. The molecule has 7 rings (SSSR count). The molecule has 1 aliphatic heterocycles. The second-order valence-corrected chi connectivity index (χ2v) is 15.0. The molecule has 54 heavy (non-hydrogen) atoms. The third-order valence-corrected chi connectivity index (χ3v) is 8.43. The molecule has 2 bridgehead atoms. The van der Waals surface area contributed by atoms with E-state index in [1.54, 1.807) is 0 Å². The third kappa shape index (κ3) is 15.0. The van der Waals surface area contributed by atoms with Crippen molar-refractivity contribution >= 4 is 13.6 Å². The van der Waals surface area contributed by atoms with Crippen molar-refractivity contribution in [3.63, 3.8) is 0 Å². The molecule has 0 spiro atoms. The van der Waals surface area contributed by atoms with Gasteiger partial charge in [0.15, 0.2) is 0 Å². The second kappa shape index (κ2) is 21.6. The van der Waals surface area contributed by atoms with Crippen molar-refractivity contribution in [1.29, 1.82) is 0 Å². The van der Waals surface area contributed by atoms with Crippen LogP contribution < -0.4 is 24.8 Å². The number of halogens is 8. The van der Waals surface area contributed by atoms with Crippen LogP contribution >= 0.6 is 7.81 Å². The molecule has 1 heterocycles. The summed E-state index contributed by atoms with van der Waals surface area (Å²) in [5.41, 5.74) is 4.48. The number of likely N-dealkylation sites (N-methyl/N-ethyl adjacent to an activating group) is 1. The Morgan fingerprint density at radius 1 is 0.796 bits per heavy atom. The molecule has 0 amide bonds. The fourth-order valence-corrected chi connectivity index (χ4v) is 7.05. The number of ketones is 1. The summed E-state index contributed by atoms with van der Waals surface area (Å²) >= 11 is 0. The van der Waals surface area contributed by atoms with Crippen molar-refractivity contribution in [3.05, 3.63) is 107 Å². The SMILES string of the molecule is CC(C)=[O+]O[C+](C)C.CCOC12c3ccccc3C(OCC)(c3ccccc31)[C@H]1CN(CCN(C)C)C[C@H]12.F[P-](F)(F)(F)(F)F.[Cl-].[Cl-].[Pd].[Ru+].c1cc[cH-]c1. The zero-order valence-corrected chi connectivity index (χ0v) is 37.3. The smallest absolute Gasteiger partial charge is 1.00 e. The quantitative estimate of drug-likeness (QED) is 0.0616. The molecule has 0 unspecified atom stereocenters. The number of rotatable bonds is 9. The maximum atomic E-state index is 9.87. The number of hydrogen-bond acceptors (Lipinski definition) is 5. The van der Waals surface area contributed by atoms with Gasteiger partial charge in [-0.3, -0.25) is 0 Å². The van der Waals surface area contributed by atoms with Crippen LogP contribution in [0.2, 0.25) is 0 Å². The number of carbonyl (C=O) groups excluding carboxylic acids is 1. The van der Waals surface area contributed by atoms with E-state index in [1.807, 2.05) is 58.0 Å². The zero-order chi connectivity index (χ0) is 37.4. The Hall–Kier alpha value is -1.15. The number of likely N-dealkylation sites (tertiary alicyclic amines) is 1. The first-order chi connectivity index (χ1) is 23.2. The Bertz CT molecular complexity index is 1410. The Labute approximate surface area is 355 Å². The molecule has 4 aliphatic rings. The van der Waals surface area contributed by atoms with Crippen LogP contribution in [0.1, 0.15) is 63.8 Å². The van der Waals surface area contributed by atoms with E-state index in [0.717, 1.165) is 38.1 Å². The van der Waals surface area contributed by atoms with E-state index < -0.39 is 19.0 Å². The summed E-state index contributed by atoms with van der Waals surface area (Å²) in [5.74, 6) is 1.58. The second-order valence-electron chi connectivity index (χ2n) is 13.1. The van der Waals surface area contributed by atoms with Gasteiger partial charge in [-0.15, -0.1) is 0 Å². The van der Waals surface area contributed by atoms with Crippen molar-refractivity contribution < 1.29 is 109 Å². The molecule has 3 aliphatic carbocycles. The molecule has 313 valence electrons. The number of nitrogens with zero attached hydrogens (tertiary/aromatic N) is 2. The van der Waals surface area contributed by atoms with E-state index in [2.05, 4.69) is 95.7 Å². The molecule has 0 saturated carbocycles. The van der Waals surface area contributed by atoms with Gasteiger partial charge in [-0.2, -0.15) is 18.2 Å². The van der Waals surface area contributed by atoms with E-state index in [4.69, 9.17) is 9.47 Å². The minimum Gasteiger partial charge on any atom is -1.00 e. The van der Waals surface area contributed by atoms with Crippen molar-refractivity contribution in [2.24, 2.45) is 11.8 Å². The van der Waals surface area contributed by atoms with Gasteiger partial charge in [0.1, 0.15) is 25.0 Å².